The van der Waals surface area contributed by atoms with Crippen molar-refractivity contribution in [2.45, 2.75) is 45.2 Å². The largest absolute Gasteiger partial charge is 0.493 e. The van der Waals surface area contributed by atoms with Crippen molar-refractivity contribution >= 4 is 5.91 Å². The number of unbranched alkanes of at least 4 members (excludes halogenated alkanes) is 2. The fourth-order valence-electron chi connectivity index (χ4n) is 2.81. The van der Waals surface area contributed by atoms with Gasteiger partial charge in [0.15, 0.2) is 11.5 Å². The Hall–Kier alpha value is -2.53. The van der Waals surface area contributed by atoms with Crippen molar-refractivity contribution < 1.29 is 14.3 Å². The minimum atomic E-state index is -0.697. The predicted molar refractivity (Wildman–Crippen MR) is 108 cm³/mol. The highest BCUT2D eigenvalue weighted by Gasteiger charge is 2.19. The standard InChI is InChI=1S/C22H30N2O3/c1-4-5-9-14-27-19-13-12-18(15-20(19)26-3)16(2)24-22(25)21(23)17-10-7-6-8-11-17/h6-8,10-13,15-16,21H,4-5,9,14,23H2,1-3H3,(H,24,25). The molecule has 2 aromatic carbocycles. The molecule has 3 N–H and O–H groups in total. The van der Waals surface area contributed by atoms with Crippen LogP contribution in [0.2, 0.25) is 0 Å². The summed E-state index contributed by atoms with van der Waals surface area (Å²) < 4.78 is 11.3. The molecule has 0 saturated heterocycles. The first-order chi connectivity index (χ1) is 13.1. The number of amides is 1. The summed E-state index contributed by atoms with van der Waals surface area (Å²) in [6, 6.07) is 14.2. The van der Waals surface area contributed by atoms with Crippen LogP contribution in [0, 0.1) is 0 Å². The summed E-state index contributed by atoms with van der Waals surface area (Å²) in [4.78, 5) is 12.5. The van der Waals surface area contributed by atoms with E-state index in [1.54, 1.807) is 7.11 Å². The molecule has 2 unspecified atom stereocenters. The lowest BCUT2D eigenvalue weighted by Gasteiger charge is -2.19. The van der Waals surface area contributed by atoms with E-state index < -0.39 is 6.04 Å². The summed E-state index contributed by atoms with van der Waals surface area (Å²) in [5, 5.41) is 2.96. The van der Waals surface area contributed by atoms with Crippen molar-refractivity contribution in [1.29, 1.82) is 0 Å². The van der Waals surface area contributed by atoms with Crippen LogP contribution in [0.15, 0.2) is 48.5 Å². The Bertz CT molecular complexity index is 719. The van der Waals surface area contributed by atoms with Crippen LogP contribution in [0.5, 0.6) is 11.5 Å². The fraction of sp³-hybridized carbons (Fsp3) is 0.409. The van der Waals surface area contributed by atoms with Gasteiger partial charge in [-0.1, -0.05) is 56.2 Å². The smallest absolute Gasteiger partial charge is 0.241 e. The lowest BCUT2D eigenvalue weighted by atomic mass is 10.0. The second-order valence-electron chi connectivity index (χ2n) is 6.58. The van der Waals surface area contributed by atoms with E-state index in [1.807, 2.05) is 55.5 Å². The summed E-state index contributed by atoms with van der Waals surface area (Å²) in [6.45, 7) is 4.75. The Morgan fingerprint density at radius 2 is 1.81 bits per heavy atom. The summed E-state index contributed by atoms with van der Waals surface area (Å²) in [5.41, 5.74) is 7.79. The minimum absolute atomic E-state index is 0.199. The van der Waals surface area contributed by atoms with Crippen molar-refractivity contribution in [3.63, 3.8) is 0 Å². The topological polar surface area (TPSA) is 73.6 Å². The van der Waals surface area contributed by atoms with Gasteiger partial charge < -0.3 is 20.5 Å². The number of hydrogen-bond acceptors (Lipinski definition) is 4. The van der Waals surface area contributed by atoms with Gasteiger partial charge in [0.1, 0.15) is 6.04 Å². The number of nitrogens with two attached hydrogens (primary N) is 1. The normalized spacial score (nSPS) is 12.9. The first-order valence-corrected chi connectivity index (χ1v) is 9.48. The summed E-state index contributed by atoms with van der Waals surface area (Å²) >= 11 is 0. The van der Waals surface area contributed by atoms with Crippen LogP contribution in [0.25, 0.3) is 0 Å². The molecule has 1 amide bonds. The summed E-state index contributed by atoms with van der Waals surface area (Å²) in [7, 11) is 1.62. The van der Waals surface area contributed by atoms with Crippen LogP contribution >= 0.6 is 0 Å². The highest BCUT2D eigenvalue weighted by Crippen LogP contribution is 2.30. The van der Waals surface area contributed by atoms with Crippen LogP contribution in [0.3, 0.4) is 0 Å². The minimum Gasteiger partial charge on any atom is -0.493 e. The highest BCUT2D eigenvalue weighted by molar-refractivity contribution is 5.83. The van der Waals surface area contributed by atoms with Gasteiger partial charge in [0, 0.05) is 0 Å². The van der Waals surface area contributed by atoms with Gasteiger partial charge in [-0.3, -0.25) is 4.79 Å². The van der Waals surface area contributed by atoms with E-state index in [-0.39, 0.29) is 11.9 Å². The molecule has 0 aliphatic carbocycles. The third-order valence-corrected chi connectivity index (χ3v) is 4.49. The highest BCUT2D eigenvalue weighted by atomic mass is 16.5. The molecule has 0 fully saturated rings. The average molecular weight is 370 g/mol. The van der Waals surface area contributed by atoms with Gasteiger partial charge >= 0.3 is 0 Å². The Morgan fingerprint density at radius 3 is 2.48 bits per heavy atom. The number of carbonyl (C=O) groups excluding carboxylic acids is 1. The van der Waals surface area contributed by atoms with Crippen LogP contribution in [0.1, 0.15) is 56.3 Å². The monoisotopic (exact) mass is 370 g/mol. The zero-order chi connectivity index (χ0) is 19.6. The van der Waals surface area contributed by atoms with E-state index in [0.29, 0.717) is 12.4 Å². The zero-order valence-corrected chi connectivity index (χ0v) is 16.4. The lowest BCUT2D eigenvalue weighted by molar-refractivity contribution is -0.123. The van der Waals surface area contributed by atoms with E-state index in [9.17, 15) is 4.79 Å². The first-order valence-electron chi connectivity index (χ1n) is 9.48. The van der Waals surface area contributed by atoms with Gasteiger partial charge in [-0.15, -0.1) is 0 Å². The lowest BCUT2D eigenvalue weighted by Crippen LogP contribution is -2.35. The second kappa shape index (κ2) is 10.6. The van der Waals surface area contributed by atoms with Crippen molar-refractivity contribution in [3.8, 4) is 11.5 Å². The van der Waals surface area contributed by atoms with E-state index in [4.69, 9.17) is 15.2 Å². The molecule has 5 nitrogen and oxygen atoms in total. The molecule has 0 spiro atoms. The van der Waals surface area contributed by atoms with Crippen molar-refractivity contribution in [2.24, 2.45) is 5.73 Å². The third-order valence-electron chi connectivity index (χ3n) is 4.49. The van der Waals surface area contributed by atoms with Crippen LogP contribution in [0.4, 0.5) is 0 Å². The Morgan fingerprint density at radius 1 is 1.07 bits per heavy atom. The maximum atomic E-state index is 12.5. The molecule has 2 aromatic rings. The number of nitrogens with one attached hydrogen (secondary N) is 1. The van der Waals surface area contributed by atoms with Gasteiger partial charge in [-0.2, -0.15) is 0 Å². The molecule has 5 heteroatoms. The van der Waals surface area contributed by atoms with E-state index >= 15 is 0 Å². The number of ether oxygens (including phenoxy) is 2. The molecule has 0 bridgehead atoms. The van der Waals surface area contributed by atoms with E-state index in [2.05, 4.69) is 12.2 Å². The molecule has 0 aliphatic rings. The molecule has 146 valence electrons. The SMILES string of the molecule is CCCCCOc1ccc(C(C)NC(=O)C(N)c2ccccc2)cc1OC. The maximum Gasteiger partial charge on any atom is 0.241 e. The number of benzene rings is 2. The van der Waals surface area contributed by atoms with Crippen LogP contribution in [-0.2, 0) is 4.79 Å². The maximum absolute atomic E-state index is 12.5. The predicted octanol–water partition coefficient (Wildman–Crippen LogP) is 4.14. The van der Waals surface area contributed by atoms with Crippen LogP contribution in [-0.4, -0.2) is 19.6 Å². The van der Waals surface area contributed by atoms with Gasteiger partial charge in [0.25, 0.3) is 0 Å². The van der Waals surface area contributed by atoms with Gasteiger partial charge in [-0.05, 0) is 36.6 Å². The van der Waals surface area contributed by atoms with Gasteiger partial charge in [0.05, 0.1) is 19.8 Å². The second-order valence-corrected chi connectivity index (χ2v) is 6.58. The molecule has 0 saturated carbocycles. The van der Waals surface area contributed by atoms with Crippen molar-refractivity contribution in [1.82, 2.24) is 5.32 Å². The molecule has 2 rings (SSSR count). The Kier molecular flexibility index (Phi) is 8.14. The molecule has 27 heavy (non-hydrogen) atoms. The van der Waals surface area contributed by atoms with Gasteiger partial charge in [0.2, 0.25) is 5.91 Å². The first kappa shape index (κ1) is 20.8. The fourth-order valence-corrected chi connectivity index (χ4v) is 2.81. The molecule has 0 radical (unpaired) electrons. The molecular weight excluding hydrogens is 340 g/mol. The van der Waals surface area contributed by atoms with E-state index in [1.165, 1.54) is 0 Å². The summed E-state index contributed by atoms with van der Waals surface area (Å²) in [5.74, 6) is 1.17. The number of rotatable bonds is 10. The Balaban J connectivity index is 2.00. The average Bonchev–Trinajstić information content (AvgIpc) is 2.71. The quantitative estimate of drug-likeness (QED) is 0.617. The van der Waals surface area contributed by atoms with Crippen LogP contribution < -0.4 is 20.5 Å². The Labute approximate surface area is 161 Å². The molecular formula is C22H30N2O3. The molecule has 0 heterocycles. The molecule has 2 atom stereocenters. The number of carbonyl (C=O) groups is 1. The molecule has 0 aromatic heterocycles. The molecule has 0 aliphatic heterocycles. The van der Waals surface area contributed by atoms with Crippen molar-refractivity contribution in [3.05, 3.63) is 59.7 Å². The van der Waals surface area contributed by atoms with E-state index in [0.717, 1.165) is 36.1 Å². The zero-order valence-electron chi connectivity index (χ0n) is 16.4. The third kappa shape index (κ3) is 6.00. The number of methoxy groups -OCH3 is 1. The van der Waals surface area contributed by atoms with Gasteiger partial charge in [-0.25, -0.2) is 0 Å². The number of hydrogen-bond donors (Lipinski definition) is 2. The van der Waals surface area contributed by atoms with Crippen molar-refractivity contribution in [2.75, 3.05) is 13.7 Å². The summed E-state index contributed by atoms with van der Waals surface area (Å²) in [6.07, 6.45) is 3.32.